The van der Waals surface area contributed by atoms with Crippen molar-refractivity contribution in [3.05, 3.63) is 24.3 Å². The molecule has 0 radical (unpaired) electrons. The Balaban J connectivity index is 2.13. The van der Waals surface area contributed by atoms with Gasteiger partial charge in [0.2, 0.25) is 20.0 Å². The van der Waals surface area contributed by atoms with Gasteiger partial charge in [0, 0.05) is 5.69 Å². The fourth-order valence-corrected chi connectivity index (χ4v) is 4.44. The molecule has 1 aromatic carbocycles. The first-order chi connectivity index (χ1) is 9.29. The summed E-state index contributed by atoms with van der Waals surface area (Å²) >= 11 is 0. The molecule has 1 saturated carbocycles. The molecule has 0 aromatic heterocycles. The number of nitrogens with one attached hydrogen (secondary N) is 1. The monoisotopic (exact) mass is 318 g/mol. The lowest BCUT2D eigenvalue weighted by Gasteiger charge is -2.22. The van der Waals surface area contributed by atoms with Gasteiger partial charge in [0.25, 0.3) is 0 Å². The molecule has 112 valence electrons. The molecule has 1 aliphatic carbocycles. The summed E-state index contributed by atoms with van der Waals surface area (Å²) in [4.78, 5) is -0.0434. The summed E-state index contributed by atoms with van der Waals surface area (Å²) in [5, 5.41) is 4.62. The molecule has 0 amide bonds. The van der Waals surface area contributed by atoms with E-state index < -0.39 is 20.0 Å². The van der Waals surface area contributed by atoms with E-state index in [0.29, 0.717) is 18.5 Å². The van der Waals surface area contributed by atoms with Crippen LogP contribution in [0.25, 0.3) is 0 Å². The maximum atomic E-state index is 12.2. The first-order valence-corrected chi connectivity index (χ1v) is 9.53. The van der Waals surface area contributed by atoms with Crippen LogP contribution in [0.15, 0.2) is 29.2 Å². The van der Waals surface area contributed by atoms with Crippen molar-refractivity contribution >= 4 is 25.7 Å². The van der Waals surface area contributed by atoms with Crippen LogP contribution in [0, 0.1) is 0 Å². The summed E-state index contributed by atoms with van der Waals surface area (Å²) < 4.78 is 49.1. The Morgan fingerprint density at radius 3 is 2.00 bits per heavy atom. The lowest BCUT2D eigenvalue weighted by Crippen LogP contribution is -2.29. The molecule has 20 heavy (non-hydrogen) atoms. The summed E-state index contributed by atoms with van der Waals surface area (Å²) in [7, 11) is -7.18. The molecule has 2 rings (SSSR count). The normalized spacial score (nSPS) is 17.9. The SMILES string of the molecule is NS(=O)(=O)c1ccc(NS(=O)(=O)C2CCCCC2)cc1. The Bertz CT molecular complexity index is 660. The summed E-state index contributed by atoms with van der Waals surface area (Å²) in [6.07, 6.45) is 4.27. The number of sulfonamides is 2. The summed E-state index contributed by atoms with van der Waals surface area (Å²) in [6.45, 7) is 0. The second-order valence-electron chi connectivity index (χ2n) is 4.98. The van der Waals surface area contributed by atoms with Crippen LogP contribution < -0.4 is 9.86 Å². The average Bonchev–Trinajstić information content (AvgIpc) is 2.39. The Kier molecular flexibility index (Phi) is 4.36. The Morgan fingerprint density at radius 1 is 0.950 bits per heavy atom. The highest BCUT2D eigenvalue weighted by Gasteiger charge is 2.27. The van der Waals surface area contributed by atoms with Crippen molar-refractivity contribution in [2.75, 3.05) is 4.72 Å². The predicted molar refractivity (Wildman–Crippen MR) is 77.2 cm³/mol. The zero-order chi connectivity index (χ0) is 14.8. The minimum atomic E-state index is -3.76. The molecule has 6 nitrogen and oxygen atoms in total. The zero-order valence-electron chi connectivity index (χ0n) is 10.9. The van der Waals surface area contributed by atoms with E-state index in [1.54, 1.807) is 0 Å². The fourth-order valence-electron chi connectivity index (χ4n) is 2.34. The van der Waals surface area contributed by atoms with Crippen molar-refractivity contribution in [2.45, 2.75) is 42.2 Å². The molecule has 8 heteroatoms. The van der Waals surface area contributed by atoms with E-state index in [9.17, 15) is 16.8 Å². The molecule has 0 aliphatic heterocycles. The van der Waals surface area contributed by atoms with E-state index in [-0.39, 0.29) is 10.1 Å². The Hall–Kier alpha value is -1.12. The van der Waals surface area contributed by atoms with Gasteiger partial charge in [0.05, 0.1) is 10.1 Å². The first kappa shape index (κ1) is 15.3. The second-order valence-corrected chi connectivity index (χ2v) is 8.50. The molecule has 1 aliphatic rings. The maximum Gasteiger partial charge on any atom is 0.238 e. The van der Waals surface area contributed by atoms with Gasteiger partial charge in [-0.25, -0.2) is 22.0 Å². The quantitative estimate of drug-likeness (QED) is 0.875. The third-order valence-electron chi connectivity index (χ3n) is 3.43. The van der Waals surface area contributed by atoms with Gasteiger partial charge in [-0.3, -0.25) is 4.72 Å². The number of nitrogens with two attached hydrogens (primary N) is 1. The fraction of sp³-hybridized carbons (Fsp3) is 0.500. The molecule has 0 spiro atoms. The molecule has 3 N–H and O–H groups in total. The molecule has 0 atom stereocenters. The van der Waals surface area contributed by atoms with Gasteiger partial charge < -0.3 is 0 Å². The lowest BCUT2D eigenvalue weighted by atomic mass is 10.0. The molecular formula is C12H18N2O4S2. The third kappa shape index (κ3) is 3.71. The molecule has 0 unspecified atom stereocenters. The smallest absolute Gasteiger partial charge is 0.238 e. The summed E-state index contributed by atoms with van der Waals surface area (Å²) in [6, 6.07) is 5.38. The van der Waals surface area contributed by atoms with Crippen LogP contribution in [-0.2, 0) is 20.0 Å². The number of rotatable bonds is 4. The number of anilines is 1. The van der Waals surface area contributed by atoms with E-state index in [1.807, 2.05) is 0 Å². The highest BCUT2D eigenvalue weighted by molar-refractivity contribution is 7.93. The number of hydrogen-bond donors (Lipinski definition) is 2. The van der Waals surface area contributed by atoms with Crippen molar-refractivity contribution in [3.63, 3.8) is 0 Å². The Labute approximate surface area is 119 Å². The van der Waals surface area contributed by atoms with Gasteiger partial charge in [-0.2, -0.15) is 0 Å². The first-order valence-electron chi connectivity index (χ1n) is 6.43. The van der Waals surface area contributed by atoms with Gasteiger partial charge in [-0.1, -0.05) is 19.3 Å². The number of hydrogen-bond acceptors (Lipinski definition) is 4. The maximum absolute atomic E-state index is 12.2. The van der Waals surface area contributed by atoms with E-state index in [1.165, 1.54) is 24.3 Å². The molecule has 0 bridgehead atoms. The molecule has 0 saturated heterocycles. The van der Waals surface area contributed by atoms with Gasteiger partial charge >= 0.3 is 0 Å². The van der Waals surface area contributed by atoms with E-state index in [0.717, 1.165) is 19.3 Å². The lowest BCUT2D eigenvalue weighted by molar-refractivity contribution is 0.486. The number of benzene rings is 1. The van der Waals surface area contributed by atoms with Gasteiger partial charge in [-0.15, -0.1) is 0 Å². The predicted octanol–water partition coefficient (Wildman–Crippen LogP) is 1.41. The van der Waals surface area contributed by atoms with Crippen LogP contribution in [0.4, 0.5) is 5.69 Å². The van der Waals surface area contributed by atoms with Gasteiger partial charge in [0.15, 0.2) is 0 Å². The standard InChI is InChI=1S/C12H18N2O4S2/c13-19(15,16)11-8-6-10(7-9-11)14-20(17,18)12-4-2-1-3-5-12/h6-9,12,14H,1-5H2,(H2,13,15,16). The van der Waals surface area contributed by atoms with Crippen molar-refractivity contribution in [2.24, 2.45) is 5.14 Å². The number of primary sulfonamides is 1. The minimum Gasteiger partial charge on any atom is -0.283 e. The van der Waals surface area contributed by atoms with Crippen molar-refractivity contribution in [1.29, 1.82) is 0 Å². The van der Waals surface area contributed by atoms with Crippen LogP contribution in [0.3, 0.4) is 0 Å². The van der Waals surface area contributed by atoms with Crippen molar-refractivity contribution in [1.82, 2.24) is 0 Å². The molecule has 1 fully saturated rings. The second kappa shape index (κ2) is 5.71. The molecular weight excluding hydrogens is 300 g/mol. The van der Waals surface area contributed by atoms with Crippen LogP contribution in [0.5, 0.6) is 0 Å². The summed E-state index contributed by atoms with van der Waals surface area (Å²) in [5.74, 6) is 0. The highest BCUT2D eigenvalue weighted by atomic mass is 32.2. The average molecular weight is 318 g/mol. The largest absolute Gasteiger partial charge is 0.283 e. The van der Waals surface area contributed by atoms with Gasteiger partial charge in [0.1, 0.15) is 0 Å². The molecule has 0 heterocycles. The van der Waals surface area contributed by atoms with Crippen LogP contribution in [-0.4, -0.2) is 22.1 Å². The van der Waals surface area contributed by atoms with Crippen LogP contribution in [0.2, 0.25) is 0 Å². The topological polar surface area (TPSA) is 106 Å². The van der Waals surface area contributed by atoms with Crippen LogP contribution in [0.1, 0.15) is 32.1 Å². The van der Waals surface area contributed by atoms with Gasteiger partial charge in [-0.05, 0) is 37.1 Å². The van der Waals surface area contributed by atoms with Crippen LogP contribution >= 0.6 is 0 Å². The third-order valence-corrected chi connectivity index (χ3v) is 6.23. The van der Waals surface area contributed by atoms with Crippen molar-refractivity contribution < 1.29 is 16.8 Å². The Morgan fingerprint density at radius 2 is 1.50 bits per heavy atom. The van der Waals surface area contributed by atoms with E-state index >= 15 is 0 Å². The van der Waals surface area contributed by atoms with E-state index in [2.05, 4.69) is 4.72 Å². The zero-order valence-corrected chi connectivity index (χ0v) is 12.6. The highest BCUT2D eigenvalue weighted by Crippen LogP contribution is 2.25. The van der Waals surface area contributed by atoms with E-state index in [4.69, 9.17) is 5.14 Å². The van der Waals surface area contributed by atoms with Crippen molar-refractivity contribution in [3.8, 4) is 0 Å². The summed E-state index contributed by atoms with van der Waals surface area (Å²) in [5.41, 5.74) is 0.350. The molecule has 1 aromatic rings. The minimum absolute atomic E-state index is 0.0434.